The minimum atomic E-state index is -1.44. The van der Waals surface area contributed by atoms with E-state index in [4.69, 9.17) is 11.6 Å². The van der Waals surface area contributed by atoms with Crippen molar-refractivity contribution in [3.8, 4) is 0 Å². The van der Waals surface area contributed by atoms with Crippen LogP contribution in [0.5, 0.6) is 0 Å². The number of carbonyl (C=O) groups excluding carboxylic acids is 2. The number of benzene rings is 1. The molecule has 0 bridgehead atoms. The highest BCUT2D eigenvalue weighted by atomic mass is 35.5. The first-order valence-corrected chi connectivity index (χ1v) is 12.1. The van der Waals surface area contributed by atoms with Crippen LogP contribution in [0.25, 0.3) is 11.2 Å². The Morgan fingerprint density at radius 3 is 2.51 bits per heavy atom. The Balaban J connectivity index is 1.42. The number of imide groups is 1. The van der Waals surface area contributed by atoms with Gasteiger partial charge in [0.15, 0.2) is 17.0 Å². The van der Waals surface area contributed by atoms with E-state index in [-0.39, 0.29) is 29.8 Å². The van der Waals surface area contributed by atoms with Gasteiger partial charge in [0, 0.05) is 0 Å². The van der Waals surface area contributed by atoms with Crippen LogP contribution >= 0.6 is 11.6 Å². The number of hydrogen-bond donors (Lipinski definition) is 6. The van der Waals surface area contributed by atoms with E-state index in [2.05, 4.69) is 25.6 Å². The number of halogens is 1. The Morgan fingerprint density at radius 1 is 1.11 bits per heavy atom. The number of aliphatic hydroxyl groups excluding tert-OH is 4. The third kappa shape index (κ3) is 4.60. The van der Waals surface area contributed by atoms with E-state index in [0.29, 0.717) is 11.9 Å². The lowest BCUT2D eigenvalue weighted by Crippen LogP contribution is -2.47. The van der Waals surface area contributed by atoms with E-state index in [0.717, 1.165) is 10.5 Å². The van der Waals surface area contributed by atoms with Crippen molar-refractivity contribution in [3.05, 3.63) is 47.5 Å². The molecular weight excluding hydrogens is 506 g/mol. The fourth-order valence-electron chi connectivity index (χ4n) is 4.99. The van der Waals surface area contributed by atoms with Crippen molar-refractivity contribution < 1.29 is 30.0 Å². The molecule has 1 saturated carbocycles. The van der Waals surface area contributed by atoms with Crippen LogP contribution in [0.3, 0.4) is 0 Å². The molecule has 1 saturated heterocycles. The molecule has 6 atom stereocenters. The average Bonchev–Trinajstić information content (AvgIpc) is 3.52. The molecule has 2 aliphatic rings. The second-order valence-corrected chi connectivity index (χ2v) is 9.46. The Bertz CT molecular complexity index is 1310. The maximum atomic E-state index is 12.5. The van der Waals surface area contributed by atoms with Gasteiger partial charge in [0.2, 0.25) is 5.28 Å². The fourth-order valence-corrected chi connectivity index (χ4v) is 5.15. The maximum absolute atomic E-state index is 12.5. The molecule has 3 amide bonds. The molecule has 5 rings (SSSR count). The summed E-state index contributed by atoms with van der Waals surface area (Å²) in [6.45, 7) is -0.763. The van der Waals surface area contributed by atoms with E-state index in [1.807, 2.05) is 30.3 Å². The van der Waals surface area contributed by atoms with Crippen molar-refractivity contribution in [1.29, 1.82) is 0 Å². The van der Waals surface area contributed by atoms with Gasteiger partial charge < -0.3 is 35.6 Å². The van der Waals surface area contributed by atoms with Crippen molar-refractivity contribution in [2.45, 2.75) is 49.2 Å². The Morgan fingerprint density at radius 2 is 1.84 bits per heavy atom. The summed E-state index contributed by atoms with van der Waals surface area (Å²) in [5.41, 5.74) is 1.60. The summed E-state index contributed by atoms with van der Waals surface area (Å²) in [5, 5.41) is 46.3. The molecule has 1 aromatic carbocycles. The zero-order chi connectivity index (χ0) is 26.3. The number of urea groups is 1. The molecule has 1 aliphatic heterocycles. The van der Waals surface area contributed by atoms with Crippen molar-refractivity contribution >= 4 is 40.5 Å². The highest BCUT2D eigenvalue weighted by molar-refractivity contribution is 6.28. The van der Waals surface area contributed by atoms with Crippen LogP contribution in [0, 0.1) is 0 Å². The first kappa shape index (κ1) is 25.3. The summed E-state index contributed by atoms with van der Waals surface area (Å²) in [5.74, 6) is -0.390. The summed E-state index contributed by atoms with van der Waals surface area (Å²) in [6.07, 6.45) is -0.851. The molecule has 37 heavy (non-hydrogen) atoms. The Hall–Kier alpha value is -3.36. The molecule has 1 aliphatic carbocycles. The molecular formula is C23H26ClN7O6. The molecule has 13 nitrogen and oxygen atoms in total. The van der Waals surface area contributed by atoms with Crippen molar-refractivity contribution in [2.24, 2.45) is 0 Å². The number of hydrogen-bond acceptors (Lipinski definition) is 10. The third-order valence-electron chi connectivity index (χ3n) is 6.83. The van der Waals surface area contributed by atoms with Gasteiger partial charge in [-0.3, -0.25) is 9.69 Å². The number of imidazole rings is 1. The number of nitrogens with one attached hydrogen (secondary N) is 2. The zero-order valence-electron chi connectivity index (χ0n) is 19.5. The molecule has 0 radical (unpaired) electrons. The standard InChI is InChI=1S/C23H26ClN7O6/c24-22-28-19(26-12(8-32)6-11-4-2-1-3-5-11)16-20(29-22)30(10-25-16)14-7-15(18(35)17(14)34)31-21(36)13(9-33)27-23(31)37/h1-5,10,12-15,17-18,32-35H,6-9H2,(H,27,37)(H,26,28,29)/t12-,13-,14+,15-,17-,18+/m0/s1. The summed E-state index contributed by atoms with van der Waals surface area (Å²) in [4.78, 5) is 38.6. The molecule has 2 fully saturated rings. The van der Waals surface area contributed by atoms with Crippen molar-refractivity contribution in [2.75, 3.05) is 18.5 Å². The molecule has 196 valence electrons. The van der Waals surface area contributed by atoms with Gasteiger partial charge >= 0.3 is 6.03 Å². The monoisotopic (exact) mass is 531 g/mol. The number of aromatic nitrogens is 4. The van der Waals surface area contributed by atoms with E-state index >= 15 is 0 Å². The van der Waals surface area contributed by atoms with Crippen molar-refractivity contribution in [3.63, 3.8) is 0 Å². The van der Waals surface area contributed by atoms with Crippen LogP contribution in [0.15, 0.2) is 36.7 Å². The Labute approximate surface area is 215 Å². The molecule has 3 heterocycles. The lowest BCUT2D eigenvalue weighted by molar-refractivity contribution is -0.131. The van der Waals surface area contributed by atoms with Gasteiger partial charge in [-0.25, -0.2) is 9.78 Å². The fraction of sp³-hybridized carbons (Fsp3) is 0.435. The van der Waals surface area contributed by atoms with Crippen LogP contribution < -0.4 is 10.6 Å². The molecule has 14 heteroatoms. The summed E-state index contributed by atoms with van der Waals surface area (Å²) in [7, 11) is 0. The van der Waals surface area contributed by atoms with E-state index < -0.39 is 54.9 Å². The van der Waals surface area contributed by atoms with Gasteiger partial charge in [-0.05, 0) is 30.0 Å². The SMILES string of the molecule is O=C1N[C@@H](CO)C(=O)N1[C@H]1C[C@@H](n2cnc3c(N[C@H](CO)Cc4ccccc4)nc(Cl)nc32)[C@H](O)[C@@H]1O. The van der Waals surface area contributed by atoms with E-state index in [1.54, 1.807) is 0 Å². The molecule has 0 spiro atoms. The number of anilines is 1. The van der Waals surface area contributed by atoms with Crippen molar-refractivity contribution in [1.82, 2.24) is 29.7 Å². The molecule has 2 aromatic heterocycles. The largest absolute Gasteiger partial charge is 0.394 e. The predicted molar refractivity (Wildman–Crippen MR) is 131 cm³/mol. The van der Waals surface area contributed by atoms with Crippen LogP contribution in [-0.2, 0) is 11.2 Å². The Kier molecular flexibility index (Phi) is 6.96. The minimum absolute atomic E-state index is 0.0166. The van der Waals surface area contributed by atoms with E-state index in [1.165, 1.54) is 10.9 Å². The first-order valence-electron chi connectivity index (χ1n) is 11.7. The number of carbonyl (C=O) groups is 2. The molecule has 3 aromatic rings. The van der Waals surface area contributed by atoms with Gasteiger partial charge in [0.1, 0.15) is 18.2 Å². The third-order valence-corrected chi connectivity index (χ3v) is 6.99. The second-order valence-electron chi connectivity index (χ2n) is 9.12. The van der Waals surface area contributed by atoms with Crippen LogP contribution in [0.4, 0.5) is 10.6 Å². The smallest absolute Gasteiger partial charge is 0.325 e. The molecule has 0 unspecified atom stereocenters. The zero-order valence-corrected chi connectivity index (χ0v) is 20.2. The number of aliphatic hydroxyl groups is 4. The average molecular weight is 532 g/mol. The van der Waals surface area contributed by atoms with Crippen LogP contribution in [-0.4, -0.2) is 100 Å². The van der Waals surface area contributed by atoms with Gasteiger partial charge in [-0.2, -0.15) is 9.97 Å². The number of rotatable bonds is 8. The lowest BCUT2D eigenvalue weighted by Gasteiger charge is -2.24. The maximum Gasteiger partial charge on any atom is 0.325 e. The number of fused-ring (bicyclic) bond motifs is 1. The minimum Gasteiger partial charge on any atom is -0.394 e. The van der Waals surface area contributed by atoms with Gasteiger partial charge in [0.05, 0.1) is 37.7 Å². The normalized spacial score (nSPS) is 26.6. The first-order chi connectivity index (χ1) is 17.8. The van der Waals surface area contributed by atoms with Crippen LogP contribution in [0.2, 0.25) is 5.28 Å². The second kappa shape index (κ2) is 10.2. The quantitative estimate of drug-likeness (QED) is 0.162. The van der Waals surface area contributed by atoms with Gasteiger partial charge in [-0.1, -0.05) is 30.3 Å². The van der Waals surface area contributed by atoms with E-state index in [9.17, 15) is 30.0 Å². The lowest BCUT2D eigenvalue weighted by atomic mass is 10.1. The summed E-state index contributed by atoms with van der Waals surface area (Å²) >= 11 is 6.21. The number of amides is 3. The number of nitrogens with zero attached hydrogens (tertiary/aromatic N) is 5. The summed E-state index contributed by atoms with van der Waals surface area (Å²) in [6, 6.07) is 5.54. The highest BCUT2D eigenvalue weighted by Gasteiger charge is 2.52. The van der Waals surface area contributed by atoms with Crippen LogP contribution in [0.1, 0.15) is 18.0 Å². The summed E-state index contributed by atoms with van der Waals surface area (Å²) < 4.78 is 1.52. The van der Waals surface area contributed by atoms with Gasteiger partial charge in [0.25, 0.3) is 5.91 Å². The topological polar surface area (TPSA) is 186 Å². The highest BCUT2D eigenvalue weighted by Crippen LogP contribution is 2.37. The van der Waals surface area contributed by atoms with Gasteiger partial charge in [-0.15, -0.1) is 0 Å². The molecule has 6 N–H and O–H groups in total. The predicted octanol–water partition coefficient (Wildman–Crippen LogP) is -0.557.